The van der Waals surface area contributed by atoms with Crippen molar-refractivity contribution in [1.29, 1.82) is 0 Å². The van der Waals surface area contributed by atoms with Crippen LogP contribution in [0.3, 0.4) is 0 Å². The van der Waals surface area contributed by atoms with E-state index < -0.39 is 11.8 Å². The third-order valence-corrected chi connectivity index (χ3v) is 2.67. The van der Waals surface area contributed by atoms with E-state index in [-0.39, 0.29) is 11.3 Å². The second-order valence-corrected chi connectivity index (χ2v) is 3.92. The summed E-state index contributed by atoms with van der Waals surface area (Å²) in [6, 6.07) is 15.0. The molecule has 2 rings (SSSR count). The van der Waals surface area contributed by atoms with Crippen molar-refractivity contribution in [3.8, 4) is 0 Å². The van der Waals surface area contributed by atoms with E-state index in [1.54, 1.807) is 48.5 Å². The summed E-state index contributed by atoms with van der Waals surface area (Å²) in [4.78, 5) is 23.5. The molecule has 2 amide bonds. The van der Waals surface area contributed by atoms with Gasteiger partial charge < -0.3 is 5.73 Å². The van der Waals surface area contributed by atoms with E-state index in [9.17, 15) is 9.59 Å². The Kier molecular flexibility index (Phi) is 3.58. The van der Waals surface area contributed by atoms with E-state index in [0.29, 0.717) is 5.56 Å². The Morgan fingerprint density at radius 1 is 0.895 bits per heavy atom. The van der Waals surface area contributed by atoms with Crippen molar-refractivity contribution in [2.75, 3.05) is 5.01 Å². The second kappa shape index (κ2) is 5.32. The van der Waals surface area contributed by atoms with Gasteiger partial charge in [0.1, 0.15) is 0 Å². The zero-order valence-corrected chi connectivity index (χ0v) is 10.1. The average molecular weight is 255 g/mol. The van der Waals surface area contributed by atoms with E-state index in [1.165, 1.54) is 6.07 Å². The van der Waals surface area contributed by atoms with Crippen molar-refractivity contribution >= 4 is 17.5 Å². The lowest BCUT2D eigenvalue weighted by molar-refractivity contribution is 0.0986. The molecule has 96 valence electrons. The summed E-state index contributed by atoms with van der Waals surface area (Å²) in [5, 5.41) is 0.926. The fourth-order valence-corrected chi connectivity index (χ4v) is 1.72. The van der Waals surface area contributed by atoms with Crippen molar-refractivity contribution in [1.82, 2.24) is 0 Å². The predicted octanol–water partition coefficient (Wildman–Crippen LogP) is 1.31. The predicted molar refractivity (Wildman–Crippen MR) is 72.4 cm³/mol. The number of primary amides is 1. The molecule has 5 nitrogen and oxygen atoms in total. The Hall–Kier alpha value is -2.66. The van der Waals surface area contributed by atoms with Gasteiger partial charge in [-0.15, -0.1) is 0 Å². The maximum Gasteiger partial charge on any atom is 0.272 e. The molecule has 0 bridgehead atoms. The van der Waals surface area contributed by atoms with E-state index in [1.807, 2.05) is 0 Å². The number of nitrogens with two attached hydrogens (primary N) is 2. The normalized spacial score (nSPS) is 9.95. The lowest BCUT2D eigenvalue weighted by Crippen LogP contribution is -2.38. The Morgan fingerprint density at radius 3 is 2.11 bits per heavy atom. The maximum atomic E-state index is 12.2. The van der Waals surface area contributed by atoms with Crippen LogP contribution in [0, 0.1) is 0 Å². The summed E-state index contributed by atoms with van der Waals surface area (Å²) < 4.78 is 0. The van der Waals surface area contributed by atoms with Crippen molar-refractivity contribution in [2.24, 2.45) is 11.6 Å². The summed E-state index contributed by atoms with van der Waals surface area (Å²) in [6.45, 7) is 0. The zero-order valence-electron chi connectivity index (χ0n) is 10.1. The Bertz CT molecular complexity index is 611. The first-order chi connectivity index (χ1) is 9.11. The van der Waals surface area contributed by atoms with Crippen LogP contribution in [0.25, 0.3) is 0 Å². The van der Waals surface area contributed by atoms with Crippen LogP contribution in [0.1, 0.15) is 20.7 Å². The minimum absolute atomic E-state index is 0.203. The molecule has 0 radical (unpaired) electrons. The summed E-state index contributed by atoms with van der Waals surface area (Å²) in [6.07, 6.45) is 0. The molecule has 2 aromatic carbocycles. The first-order valence-corrected chi connectivity index (χ1v) is 5.64. The molecular formula is C14H13N3O2. The summed E-state index contributed by atoms with van der Waals surface area (Å²) >= 11 is 0. The standard InChI is InChI=1S/C14H13N3O2/c15-13(18)11-8-4-5-9-12(11)17(16)14(19)10-6-2-1-3-7-10/h1-9H,16H2,(H2,15,18). The van der Waals surface area contributed by atoms with Crippen molar-refractivity contribution in [3.05, 3.63) is 65.7 Å². The molecule has 2 aromatic rings. The van der Waals surface area contributed by atoms with Gasteiger partial charge in [-0.05, 0) is 24.3 Å². The number of benzene rings is 2. The van der Waals surface area contributed by atoms with Crippen molar-refractivity contribution < 1.29 is 9.59 Å². The minimum Gasteiger partial charge on any atom is -0.366 e. The minimum atomic E-state index is -0.632. The fourth-order valence-electron chi connectivity index (χ4n) is 1.72. The summed E-state index contributed by atoms with van der Waals surface area (Å²) in [5.74, 6) is 4.74. The van der Waals surface area contributed by atoms with Crippen LogP contribution in [0.5, 0.6) is 0 Å². The van der Waals surface area contributed by atoms with Crippen molar-refractivity contribution in [3.63, 3.8) is 0 Å². The largest absolute Gasteiger partial charge is 0.366 e. The third kappa shape index (κ3) is 2.61. The number of nitrogens with zero attached hydrogens (tertiary/aromatic N) is 1. The van der Waals surface area contributed by atoms with Crippen LogP contribution in [-0.2, 0) is 0 Å². The van der Waals surface area contributed by atoms with Gasteiger partial charge in [-0.1, -0.05) is 30.3 Å². The molecule has 0 aliphatic heterocycles. The number of hydrogen-bond donors (Lipinski definition) is 2. The monoisotopic (exact) mass is 255 g/mol. The van der Waals surface area contributed by atoms with Gasteiger partial charge in [0.05, 0.1) is 11.3 Å². The van der Waals surface area contributed by atoms with Gasteiger partial charge in [-0.3, -0.25) is 9.59 Å². The molecule has 0 unspecified atom stereocenters. The highest BCUT2D eigenvalue weighted by molar-refractivity contribution is 6.09. The zero-order chi connectivity index (χ0) is 13.8. The lowest BCUT2D eigenvalue weighted by atomic mass is 10.1. The lowest BCUT2D eigenvalue weighted by Gasteiger charge is -2.18. The number of para-hydroxylation sites is 1. The van der Waals surface area contributed by atoms with Crippen LogP contribution < -0.4 is 16.6 Å². The average Bonchev–Trinajstić information content (AvgIpc) is 2.46. The van der Waals surface area contributed by atoms with Crippen LogP contribution in [0.4, 0.5) is 5.69 Å². The molecule has 0 aromatic heterocycles. The van der Waals surface area contributed by atoms with Gasteiger partial charge in [-0.25, -0.2) is 10.9 Å². The number of rotatable bonds is 3. The van der Waals surface area contributed by atoms with Crippen molar-refractivity contribution in [2.45, 2.75) is 0 Å². The highest BCUT2D eigenvalue weighted by Gasteiger charge is 2.18. The summed E-state index contributed by atoms with van der Waals surface area (Å²) in [7, 11) is 0. The van der Waals surface area contributed by atoms with Gasteiger partial charge in [0, 0.05) is 5.56 Å². The fraction of sp³-hybridized carbons (Fsp3) is 0. The quantitative estimate of drug-likeness (QED) is 0.492. The molecule has 5 heteroatoms. The number of amides is 2. The molecule has 0 fully saturated rings. The van der Waals surface area contributed by atoms with Crippen LogP contribution in [0.2, 0.25) is 0 Å². The van der Waals surface area contributed by atoms with E-state index >= 15 is 0 Å². The number of hydrazine groups is 1. The van der Waals surface area contributed by atoms with Gasteiger partial charge in [0.2, 0.25) is 0 Å². The summed E-state index contributed by atoms with van der Waals surface area (Å²) in [5.41, 5.74) is 6.18. The molecular weight excluding hydrogens is 242 g/mol. The van der Waals surface area contributed by atoms with Gasteiger partial charge in [0.25, 0.3) is 11.8 Å². The van der Waals surface area contributed by atoms with Gasteiger partial charge >= 0.3 is 0 Å². The highest BCUT2D eigenvalue weighted by Crippen LogP contribution is 2.19. The topological polar surface area (TPSA) is 89.4 Å². The molecule has 0 heterocycles. The number of hydrogen-bond acceptors (Lipinski definition) is 3. The first kappa shape index (κ1) is 12.8. The van der Waals surface area contributed by atoms with Crippen LogP contribution >= 0.6 is 0 Å². The Balaban J connectivity index is 2.38. The highest BCUT2D eigenvalue weighted by atomic mass is 16.2. The molecule has 0 aliphatic rings. The SMILES string of the molecule is NC(=O)c1ccccc1N(N)C(=O)c1ccccc1. The number of anilines is 1. The van der Waals surface area contributed by atoms with Gasteiger partial charge in [-0.2, -0.15) is 0 Å². The van der Waals surface area contributed by atoms with E-state index in [0.717, 1.165) is 5.01 Å². The van der Waals surface area contributed by atoms with E-state index in [2.05, 4.69) is 0 Å². The molecule has 0 saturated heterocycles. The Morgan fingerprint density at radius 2 is 1.47 bits per heavy atom. The molecule has 0 aliphatic carbocycles. The first-order valence-electron chi connectivity index (χ1n) is 5.64. The molecule has 0 saturated carbocycles. The van der Waals surface area contributed by atoms with Crippen LogP contribution in [0.15, 0.2) is 54.6 Å². The maximum absolute atomic E-state index is 12.2. The third-order valence-electron chi connectivity index (χ3n) is 2.67. The number of carbonyl (C=O) groups is 2. The van der Waals surface area contributed by atoms with Gasteiger partial charge in [0.15, 0.2) is 0 Å². The smallest absolute Gasteiger partial charge is 0.272 e. The molecule has 4 N–H and O–H groups in total. The van der Waals surface area contributed by atoms with Crippen LogP contribution in [-0.4, -0.2) is 11.8 Å². The molecule has 0 atom stereocenters. The number of carbonyl (C=O) groups excluding carboxylic acids is 2. The molecule has 0 spiro atoms. The Labute approximate surface area is 110 Å². The second-order valence-electron chi connectivity index (χ2n) is 3.92. The van der Waals surface area contributed by atoms with E-state index in [4.69, 9.17) is 11.6 Å². The molecule has 19 heavy (non-hydrogen) atoms.